The molecule has 16 heavy (non-hydrogen) atoms. The maximum atomic E-state index is 12.5. The van der Waals surface area contributed by atoms with Gasteiger partial charge in [-0.05, 0) is 31.3 Å². The van der Waals surface area contributed by atoms with Crippen LogP contribution in [0.5, 0.6) is 0 Å². The summed E-state index contributed by atoms with van der Waals surface area (Å²) in [6.45, 7) is 0.796. The minimum absolute atomic E-state index is 0.340. The molecule has 0 unspecified atom stereocenters. The van der Waals surface area contributed by atoms with E-state index in [1.165, 1.54) is 24.3 Å². The first-order chi connectivity index (χ1) is 7.54. The van der Waals surface area contributed by atoms with Gasteiger partial charge in [0, 0.05) is 18.5 Å². The van der Waals surface area contributed by atoms with E-state index in [-0.39, 0.29) is 4.90 Å². The van der Waals surface area contributed by atoms with E-state index in [1.807, 2.05) is 7.05 Å². The Morgan fingerprint density at radius 3 is 2.44 bits per heavy atom. The summed E-state index contributed by atoms with van der Waals surface area (Å²) in [6, 6.07) is 5.38. The molecule has 86 valence electrons. The Labute approximate surface area is 94.9 Å². The quantitative estimate of drug-likeness (QED) is 0.493. The highest BCUT2D eigenvalue weighted by molar-refractivity contribution is 7.86. The number of hydrogen-bond donors (Lipinski definition) is 1. The summed E-state index contributed by atoms with van der Waals surface area (Å²) in [5.74, 6) is 5.76. The van der Waals surface area contributed by atoms with Crippen molar-refractivity contribution in [1.82, 2.24) is 5.32 Å². The maximum Gasteiger partial charge on any atom is 0.332 e. The van der Waals surface area contributed by atoms with Crippen LogP contribution in [0.2, 0.25) is 0 Å². The monoisotopic (exact) mass is 241 g/mol. The first-order valence-electron chi connectivity index (χ1n) is 4.72. The van der Waals surface area contributed by atoms with E-state index in [1.54, 1.807) is 0 Å². The number of rotatable bonds is 3. The van der Waals surface area contributed by atoms with E-state index in [4.69, 9.17) is 0 Å². The molecule has 5 heteroatoms. The molecule has 0 saturated carbocycles. The third-order valence-electron chi connectivity index (χ3n) is 1.87. The van der Waals surface area contributed by atoms with E-state index in [9.17, 15) is 12.3 Å². The summed E-state index contributed by atoms with van der Waals surface area (Å²) in [7, 11) is -2.77. The van der Waals surface area contributed by atoms with Gasteiger partial charge in [-0.15, -0.1) is 3.89 Å². The standard InChI is InChI=1S/C11H12FNO2S/c1-13-9-3-2-4-10-5-7-11(8-6-10)16(12,14)15/h5-8,13H,3,9H2,1H3. The van der Waals surface area contributed by atoms with Gasteiger partial charge in [0.2, 0.25) is 0 Å². The zero-order chi connectivity index (χ0) is 12.0. The molecule has 1 aromatic carbocycles. The minimum atomic E-state index is -4.61. The van der Waals surface area contributed by atoms with Crippen LogP contribution in [0, 0.1) is 11.8 Å². The first kappa shape index (κ1) is 12.7. The largest absolute Gasteiger partial charge is 0.332 e. The van der Waals surface area contributed by atoms with Crippen LogP contribution < -0.4 is 5.32 Å². The van der Waals surface area contributed by atoms with Gasteiger partial charge < -0.3 is 5.32 Å². The molecular weight excluding hydrogens is 229 g/mol. The molecule has 1 N–H and O–H groups in total. The number of benzene rings is 1. The van der Waals surface area contributed by atoms with Crippen molar-refractivity contribution in [3.05, 3.63) is 29.8 Å². The Bertz CT molecular complexity index is 497. The van der Waals surface area contributed by atoms with Gasteiger partial charge in [-0.25, -0.2) is 0 Å². The fourth-order valence-corrected chi connectivity index (χ4v) is 1.51. The molecule has 0 aliphatic heterocycles. The molecule has 0 aromatic heterocycles. The Morgan fingerprint density at radius 2 is 1.94 bits per heavy atom. The van der Waals surface area contributed by atoms with Crippen LogP contribution in [0.1, 0.15) is 12.0 Å². The molecule has 1 rings (SSSR count). The van der Waals surface area contributed by atoms with Crippen LogP contribution in [0.15, 0.2) is 29.2 Å². The average molecular weight is 241 g/mol. The van der Waals surface area contributed by atoms with Gasteiger partial charge in [0.1, 0.15) is 0 Å². The van der Waals surface area contributed by atoms with Gasteiger partial charge in [-0.3, -0.25) is 0 Å². The lowest BCUT2D eigenvalue weighted by molar-refractivity contribution is 0.552. The van der Waals surface area contributed by atoms with Gasteiger partial charge in [0.05, 0.1) is 4.90 Å². The van der Waals surface area contributed by atoms with E-state index in [0.717, 1.165) is 6.54 Å². The summed E-state index contributed by atoms with van der Waals surface area (Å²) >= 11 is 0. The van der Waals surface area contributed by atoms with E-state index in [2.05, 4.69) is 17.2 Å². The minimum Gasteiger partial charge on any atom is -0.319 e. The highest BCUT2D eigenvalue weighted by atomic mass is 32.3. The van der Waals surface area contributed by atoms with Crippen LogP contribution in [-0.2, 0) is 10.2 Å². The molecule has 0 fully saturated rings. The highest BCUT2D eigenvalue weighted by Crippen LogP contribution is 2.12. The average Bonchev–Trinajstić information content (AvgIpc) is 2.24. The first-order valence-corrected chi connectivity index (χ1v) is 6.10. The molecule has 0 heterocycles. The van der Waals surface area contributed by atoms with Crippen molar-refractivity contribution >= 4 is 10.2 Å². The molecule has 1 aromatic rings. The third kappa shape index (κ3) is 4.01. The lowest BCUT2D eigenvalue weighted by Crippen LogP contribution is -2.05. The van der Waals surface area contributed by atoms with Crippen LogP contribution in [-0.4, -0.2) is 22.0 Å². The van der Waals surface area contributed by atoms with Gasteiger partial charge in [-0.1, -0.05) is 11.8 Å². The molecule has 3 nitrogen and oxygen atoms in total. The number of nitrogens with one attached hydrogen (secondary N) is 1. The fraction of sp³-hybridized carbons (Fsp3) is 0.273. The van der Waals surface area contributed by atoms with Crippen molar-refractivity contribution in [1.29, 1.82) is 0 Å². The predicted octanol–water partition coefficient (Wildman–Crippen LogP) is 1.31. The topological polar surface area (TPSA) is 46.2 Å². The molecule has 0 amide bonds. The van der Waals surface area contributed by atoms with Crippen LogP contribution >= 0.6 is 0 Å². The molecule has 0 bridgehead atoms. The van der Waals surface area contributed by atoms with Crippen molar-refractivity contribution in [3.63, 3.8) is 0 Å². The summed E-state index contributed by atoms with van der Waals surface area (Å²) in [5, 5.41) is 2.95. The predicted molar refractivity (Wildman–Crippen MR) is 60.2 cm³/mol. The van der Waals surface area contributed by atoms with E-state index < -0.39 is 10.2 Å². The molecular formula is C11H12FNO2S. The van der Waals surface area contributed by atoms with Crippen molar-refractivity contribution in [2.45, 2.75) is 11.3 Å². The molecule has 0 aliphatic rings. The van der Waals surface area contributed by atoms with Gasteiger partial charge >= 0.3 is 10.2 Å². The fourth-order valence-electron chi connectivity index (χ4n) is 1.05. The van der Waals surface area contributed by atoms with Gasteiger partial charge in [0.15, 0.2) is 0 Å². The number of halogens is 1. The second-order valence-corrected chi connectivity index (χ2v) is 4.46. The molecule has 0 atom stereocenters. The number of hydrogen-bond acceptors (Lipinski definition) is 3. The smallest absolute Gasteiger partial charge is 0.319 e. The van der Waals surface area contributed by atoms with Crippen molar-refractivity contribution in [2.24, 2.45) is 0 Å². The van der Waals surface area contributed by atoms with Crippen molar-refractivity contribution < 1.29 is 12.3 Å². The van der Waals surface area contributed by atoms with E-state index >= 15 is 0 Å². The molecule has 0 spiro atoms. The summed E-state index contributed by atoms with van der Waals surface area (Å²) in [5.41, 5.74) is 0.670. The Balaban J connectivity index is 2.75. The van der Waals surface area contributed by atoms with Crippen LogP contribution in [0.4, 0.5) is 3.89 Å². The molecule has 0 aliphatic carbocycles. The molecule has 0 saturated heterocycles. The van der Waals surface area contributed by atoms with Crippen molar-refractivity contribution in [2.75, 3.05) is 13.6 Å². The SMILES string of the molecule is CNCCC#Cc1ccc(S(=O)(=O)F)cc1. The Morgan fingerprint density at radius 1 is 1.31 bits per heavy atom. The van der Waals surface area contributed by atoms with E-state index in [0.29, 0.717) is 12.0 Å². The summed E-state index contributed by atoms with van der Waals surface area (Å²) in [4.78, 5) is -0.340. The lowest BCUT2D eigenvalue weighted by atomic mass is 10.2. The Kier molecular flexibility index (Phi) is 4.47. The van der Waals surface area contributed by atoms with Gasteiger partial charge in [-0.2, -0.15) is 8.42 Å². The zero-order valence-corrected chi connectivity index (χ0v) is 9.64. The maximum absolute atomic E-state index is 12.5. The third-order valence-corrected chi connectivity index (χ3v) is 2.70. The summed E-state index contributed by atoms with van der Waals surface area (Å²) < 4.78 is 33.6. The van der Waals surface area contributed by atoms with Crippen LogP contribution in [0.25, 0.3) is 0 Å². The van der Waals surface area contributed by atoms with Gasteiger partial charge in [0.25, 0.3) is 0 Å². The normalized spacial score (nSPS) is 10.6. The van der Waals surface area contributed by atoms with Crippen molar-refractivity contribution in [3.8, 4) is 11.8 Å². The molecule has 0 radical (unpaired) electrons. The zero-order valence-electron chi connectivity index (χ0n) is 8.83. The Hall–Kier alpha value is -1.38. The lowest BCUT2D eigenvalue weighted by Gasteiger charge is -1.94. The van der Waals surface area contributed by atoms with Crippen LogP contribution in [0.3, 0.4) is 0 Å². The summed E-state index contributed by atoms with van der Waals surface area (Å²) in [6.07, 6.45) is 0.708. The second-order valence-electron chi connectivity index (χ2n) is 3.12. The second kappa shape index (κ2) is 5.64. The highest BCUT2D eigenvalue weighted by Gasteiger charge is 2.09.